The molecule has 1 aromatic heterocycles. The largest absolute Gasteiger partial charge is 0.335 e. The molecule has 0 radical (unpaired) electrons. The highest BCUT2D eigenvalue weighted by molar-refractivity contribution is 5.33. The van der Waals surface area contributed by atoms with Crippen LogP contribution < -0.4 is 0 Å². The summed E-state index contributed by atoms with van der Waals surface area (Å²) < 4.78 is 2.52. The molecule has 0 aliphatic carbocycles. The maximum absolute atomic E-state index is 5.13. The maximum Gasteiger partial charge on any atom is 0.112 e. The Morgan fingerprint density at radius 2 is 1.04 bits per heavy atom. The summed E-state index contributed by atoms with van der Waals surface area (Å²) in [4.78, 5) is 5.13. The van der Waals surface area contributed by atoms with Crippen molar-refractivity contribution in [3.8, 4) is 0 Å². The fourth-order valence-corrected chi connectivity index (χ4v) is 7.42. The zero-order valence-electron chi connectivity index (χ0n) is 29.7. The topological polar surface area (TPSA) is 17.8 Å². The number of aromatic nitrogens is 2. The average Bonchev–Trinajstić information content (AvgIpc) is 3.53. The van der Waals surface area contributed by atoms with Gasteiger partial charge in [0.05, 0.1) is 0 Å². The minimum atomic E-state index is -0.0239. The number of nitrogens with zero attached hydrogens (tertiary/aromatic N) is 2. The summed E-state index contributed by atoms with van der Waals surface area (Å²) in [7, 11) is 0. The van der Waals surface area contributed by atoms with Gasteiger partial charge in [-0.25, -0.2) is 4.98 Å². The molecule has 0 saturated carbocycles. The van der Waals surface area contributed by atoms with E-state index >= 15 is 0 Å². The molecule has 0 spiro atoms. The van der Waals surface area contributed by atoms with Gasteiger partial charge in [-0.15, -0.1) is 0 Å². The first-order chi connectivity index (χ1) is 22.2. The van der Waals surface area contributed by atoms with Gasteiger partial charge in [-0.1, -0.05) is 203 Å². The van der Waals surface area contributed by atoms with Crippen molar-refractivity contribution >= 4 is 0 Å². The lowest BCUT2D eigenvalue weighted by Gasteiger charge is -2.39. The van der Waals surface area contributed by atoms with Crippen LogP contribution in [0.25, 0.3) is 0 Å². The van der Waals surface area contributed by atoms with Gasteiger partial charge in [-0.2, -0.15) is 0 Å². The third-order valence-corrected chi connectivity index (χ3v) is 10.3. The van der Waals surface area contributed by atoms with Gasteiger partial charge in [-0.3, -0.25) is 0 Å². The van der Waals surface area contributed by atoms with Gasteiger partial charge in [0.1, 0.15) is 5.82 Å². The molecular weight excluding hydrogens is 544 g/mol. The quantitative estimate of drug-likeness (QED) is 0.0783. The number of aryl methyl sites for hydroxylation is 1. The summed E-state index contributed by atoms with van der Waals surface area (Å²) >= 11 is 0. The van der Waals surface area contributed by atoms with Crippen LogP contribution in [0.2, 0.25) is 0 Å². The Balaban J connectivity index is 1.61. The summed E-state index contributed by atoms with van der Waals surface area (Å²) in [6.45, 7) is 8.22. The Morgan fingerprint density at radius 1 is 0.578 bits per heavy atom. The number of rotatable bonds is 27. The smallest absolute Gasteiger partial charge is 0.112 e. The van der Waals surface area contributed by atoms with Crippen molar-refractivity contribution in [3.63, 3.8) is 0 Å². The molecule has 0 amide bonds. The van der Waals surface area contributed by atoms with Gasteiger partial charge in [-0.05, 0) is 30.4 Å². The lowest BCUT2D eigenvalue weighted by atomic mass is 9.66. The van der Waals surface area contributed by atoms with E-state index in [2.05, 4.69) is 98.4 Å². The number of unbranched alkanes of at least 4 members (excludes halogenated alkanes) is 18. The molecule has 250 valence electrons. The van der Waals surface area contributed by atoms with Crippen LogP contribution in [0.3, 0.4) is 0 Å². The zero-order chi connectivity index (χ0) is 31.8. The monoisotopic (exact) mass is 613 g/mol. The van der Waals surface area contributed by atoms with Gasteiger partial charge in [0, 0.05) is 30.3 Å². The van der Waals surface area contributed by atoms with E-state index in [4.69, 9.17) is 4.98 Å². The van der Waals surface area contributed by atoms with E-state index in [1.807, 2.05) is 0 Å². The molecule has 0 aliphatic rings. The van der Waals surface area contributed by atoms with Crippen LogP contribution in [0.1, 0.15) is 178 Å². The lowest BCUT2D eigenvalue weighted by molar-refractivity contribution is 0.321. The summed E-state index contributed by atoms with van der Waals surface area (Å²) in [6, 6.07) is 22.5. The van der Waals surface area contributed by atoms with Gasteiger partial charge < -0.3 is 4.57 Å². The summed E-state index contributed by atoms with van der Waals surface area (Å²) in [5.74, 6) is 1.69. The molecule has 0 N–H and O–H groups in total. The van der Waals surface area contributed by atoms with Crippen LogP contribution in [0.4, 0.5) is 0 Å². The number of hydrogen-bond donors (Lipinski definition) is 0. The molecule has 3 rings (SSSR count). The second-order valence-corrected chi connectivity index (χ2v) is 14.1. The Labute approximate surface area is 278 Å². The molecule has 2 aromatic carbocycles. The number of imidazole rings is 1. The molecule has 0 aliphatic heterocycles. The molecule has 1 heterocycles. The third kappa shape index (κ3) is 13.9. The normalized spacial score (nSPS) is 13.6. The number of hydrogen-bond acceptors (Lipinski definition) is 1. The van der Waals surface area contributed by atoms with E-state index in [1.165, 1.54) is 152 Å². The minimum Gasteiger partial charge on any atom is -0.335 e. The predicted molar refractivity (Wildman–Crippen MR) is 197 cm³/mol. The first kappa shape index (κ1) is 37.1. The molecular formula is C43H68N2. The van der Waals surface area contributed by atoms with Crippen molar-refractivity contribution in [2.45, 2.75) is 180 Å². The van der Waals surface area contributed by atoms with Crippen molar-refractivity contribution < 1.29 is 0 Å². The van der Waals surface area contributed by atoms with Crippen LogP contribution in [-0.4, -0.2) is 9.55 Å². The standard InChI is InChI=1S/C43H68N2/c1-4-6-8-10-12-13-14-15-16-17-19-21-29-36-45-37-35-44-42(45)41(34-28-20-18-11-9-7-5-2)43(3,40-32-26-23-27-33-40)38-39-30-24-22-25-31-39/h22-27,30-33,35,37,41H,4-21,28-29,34,36,38H2,1-3H3. The van der Waals surface area contributed by atoms with Crippen LogP contribution in [0, 0.1) is 0 Å². The highest BCUT2D eigenvalue weighted by Crippen LogP contribution is 2.44. The Morgan fingerprint density at radius 3 is 1.58 bits per heavy atom. The first-order valence-electron chi connectivity index (χ1n) is 19.3. The van der Waals surface area contributed by atoms with Crippen LogP contribution >= 0.6 is 0 Å². The highest BCUT2D eigenvalue weighted by atomic mass is 15.1. The second-order valence-electron chi connectivity index (χ2n) is 14.1. The second kappa shape index (κ2) is 23.0. The Bertz CT molecular complexity index is 1090. The fraction of sp³-hybridized carbons (Fsp3) is 0.651. The first-order valence-corrected chi connectivity index (χ1v) is 19.3. The average molecular weight is 613 g/mol. The maximum atomic E-state index is 5.13. The molecule has 0 bridgehead atoms. The molecule has 45 heavy (non-hydrogen) atoms. The van der Waals surface area contributed by atoms with E-state index in [0.29, 0.717) is 5.92 Å². The summed E-state index contributed by atoms with van der Waals surface area (Å²) in [6.07, 6.45) is 34.2. The van der Waals surface area contributed by atoms with E-state index in [0.717, 1.165) is 13.0 Å². The van der Waals surface area contributed by atoms with Gasteiger partial charge in [0.15, 0.2) is 0 Å². The van der Waals surface area contributed by atoms with Crippen LogP contribution in [0.15, 0.2) is 73.1 Å². The van der Waals surface area contributed by atoms with Gasteiger partial charge in [0.25, 0.3) is 0 Å². The molecule has 0 saturated heterocycles. The minimum absolute atomic E-state index is 0.0239. The van der Waals surface area contributed by atoms with E-state index in [-0.39, 0.29) is 5.41 Å². The molecule has 3 aromatic rings. The van der Waals surface area contributed by atoms with Crippen molar-refractivity contribution in [1.29, 1.82) is 0 Å². The molecule has 2 unspecified atom stereocenters. The molecule has 0 fully saturated rings. The molecule has 2 atom stereocenters. The van der Waals surface area contributed by atoms with Crippen molar-refractivity contribution in [3.05, 3.63) is 90.0 Å². The SMILES string of the molecule is CCCCCCCCCCCCCCCn1ccnc1C(CCCCCCCCC)C(C)(Cc1ccccc1)c1ccccc1. The van der Waals surface area contributed by atoms with Gasteiger partial charge >= 0.3 is 0 Å². The van der Waals surface area contributed by atoms with Crippen molar-refractivity contribution in [2.24, 2.45) is 0 Å². The number of benzene rings is 2. The van der Waals surface area contributed by atoms with Crippen LogP contribution in [0.5, 0.6) is 0 Å². The fourth-order valence-electron chi connectivity index (χ4n) is 7.42. The summed E-state index contributed by atoms with van der Waals surface area (Å²) in [5.41, 5.74) is 2.84. The van der Waals surface area contributed by atoms with E-state index in [9.17, 15) is 0 Å². The van der Waals surface area contributed by atoms with E-state index < -0.39 is 0 Å². The van der Waals surface area contributed by atoms with E-state index in [1.54, 1.807) is 0 Å². The summed E-state index contributed by atoms with van der Waals surface area (Å²) in [5, 5.41) is 0. The van der Waals surface area contributed by atoms with Crippen molar-refractivity contribution in [1.82, 2.24) is 9.55 Å². The molecule has 2 heteroatoms. The van der Waals surface area contributed by atoms with Crippen LogP contribution in [-0.2, 0) is 18.4 Å². The Hall–Kier alpha value is -2.35. The highest BCUT2D eigenvalue weighted by Gasteiger charge is 2.39. The molecule has 2 nitrogen and oxygen atoms in total. The lowest BCUT2D eigenvalue weighted by Crippen LogP contribution is -2.35. The third-order valence-electron chi connectivity index (χ3n) is 10.3. The zero-order valence-corrected chi connectivity index (χ0v) is 29.7. The Kier molecular flexibility index (Phi) is 19.0. The predicted octanol–water partition coefficient (Wildman–Crippen LogP) is 13.4. The van der Waals surface area contributed by atoms with Gasteiger partial charge in [0.2, 0.25) is 0 Å². The van der Waals surface area contributed by atoms with Crippen molar-refractivity contribution in [2.75, 3.05) is 0 Å².